The molecular weight excluding hydrogens is 282 g/mol. The molecular formula is C13H16ClN3O3. The van der Waals surface area contributed by atoms with Gasteiger partial charge in [-0.05, 0) is 31.5 Å². The van der Waals surface area contributed by atoms with Gasteiger partial charge in [0.1, 0.15) is 5.02 Å². The summed E-state index contributed by atoms with van der Waals surface area (Å²) in [5.74, 6) is -0.0466. The molecule has 108 valence electrons. The molecule has 7 heteroatoms. The number of halogens is 1. The van der Waals surface area contributed by atoms with Crippen molar-refractivity contribution in [2.45, 2.75) is 25.8 Å². The fourth-order valence-corrected chi connectivity index (χ4v) is 2.56. The normalized spacial score (nSPS) is 19.2. The van der Waals surface area contributed by atoms with Crippen molar-refractivity contribution in [1.82, 2.24) is 5.32 Å². The molecule has 1 aliphatic rings. The predicted octanol–water partition coefficient (Wildman–Crippen LogP) is 2.35. The highest BCUT2D eigenvalue weighted by molar-refractivity contribution is 6.32. The van der Waals surface area contributed by atoms with Crippen LogP contribution in [0.1, 0.15) is 19.8 Å². The third kappa shape index (κ3) is 2.91. The maximum atomic E-state index is 12.3. The second-order valence-corrected chi connectivity index (χ2v) is 5.04. The van der Waals surface area contributed by atoms with Crippen LogP contribution < -0.4 is 10.2 Å². The van der Waals surface area contributed by atoms with E-state index in [1.165, 1.54) is 12.1 Å². The molecule has 1 aromatic carbocycles. The van der Waals surface area contributed by atoms with Gasteiger partial charge in [0.15, 0.2) is 0 Å². The zero-order chi connectivity index (χ0) is 14.7. The van der Waals surface area contributed by atoms with Crippen LogP contribution in [0, 0.1) is 10.1 Å². The number of nitrogens with one attached hydrogen (secondary N) is 1. The number of carbonyl (C=O) groups excluding carboxylic acids is 1. The summed E-state index contributed by atoms with van der Waals surface area (Å²) in [6, 6.07) is 4.23. The first-order chi connectivity index (χ1) is 9.54. The summed E-state index contributed by atoms with van der Waals surface area (Å²) >= 11 is 5.79. The van der Waals surface area contributed by atoms with Gasteiger partial charge in [-0.15, -0.1) is 0 Å². The zero-order valence-corrected chi connectivity index (χ0v) is 11.9. The number of piperidine rings is 1. The second kappa shape index (κ2) is 6.19. The fourth-order valence-electron chi connectivity index (χ4n) is 2.38. The third-order valence-electron chi connectivity index (χ3n) is 3.33. The molecule has 20 heavy (non-hydrogen) atoms. The van der Waals surface area contributed by atoms with Crippen LogP contribution >= 0.6 is 11.6 Å². The summed E-state index contributed by atoms with van der Waals surface area (Å²) in [4.78, 5) is 24.3. The minimum atomic E-state index is -0.540. The summed E-state index contributed by atoms with van der Waals surface area (Å²) in [5.41, 5.74) is 0.344. The molecule has 1 fully saturated rings. The summed E-state index contributed by atoms with van der Waals surface area (Å²) in [6.07, 6.45) is 1.65. The van der Waals surface area contributed by atoms with Gasteiger partial charge in [0, 0.05) is 12.6 Å². The highest BCUT2D eigenvalue weighted by atomic mass is 35.5. The third-order valence-corrected chi connectivity index (χ3v) is 3.65. The average Bonchev–Trinajstić information content (AvgIpc) is 2.42. The monoisotopic (exact) mass is 297 g/mol. The van der Waals surface area contributed by atoms with Gasteiger partial charge in [0.2, 0.25) is 5.91 Å². The van der Waals surface area contributed by atoms with E-state index in [9.17, 15) is 14.9 Å². The van der Waals surface area contributed by atoms with Crippen LogP contribution in [0.5, 0.6) is 0 Å². The predicted molar refractivity (Wildman–Crippen MR) is 77.2 cm³/mol. The van der Waals surface area contributed by atoms with Gasteiger partial charge in [-0.25, -0.2) is 0 Å². The number of amides is 1. The van der Waals surface area contributed by atoms with E-state index in [1.807, 2.05) is 6.92 Å². The maximum absolute atomic E-state index is 12.3. The minimum Gasteiger partial charge on any atom is -0.311 e. The minimum absolute atomic E-state index is 0.0466. The molecule has 1 heterocycles. The van der Waals surface area contributed by atoms with Crippen molar-refractivity contribution in [1.29, 1.82) is 0 Å². The summed E-state index contributed by atoms with van der Waals surface area (Å²) in [7, 11) is 0. The van der Waals surface area contributed by atoms with Crippen molar-refractivity contribution >= 4 is 28.9 Å². The molecule has 1 aliphatic heterocycles. The number of rotatable bonds is 4. The lowest BCUT2D eigenvalue weighted by molar-refractivity contribution is -0.384. The highest BCUT2D eigenvalue weighted by Gasteiger charge is 2.29. The Balaban J connectivity index is 2.28. The Labute approximate surface area is 121 Å². The van der Waals surface area contributed by atoms with Gasteiger partial charge in [-0.1, -0.05) is 18.5 Å². The van der Waals surface area contributed by atoms with Crippen molar-refractivity contribution in [2.24, 2.45) is 0 Å². The molecule has 0 radical (unpaired) electrons. The van der Waals surface area contributed by atoms with Crippen molar-refractivity contribution in [3.63, 3.8) is 0 Å². The van der Waals surface area contributed by atoms with E-state index >= 15 is 0 Å². The van der Waals surface area contributed by atoms with Crippen LogP contribution in [0.25, 0.3) is 0 Å². The summed E-state index contributed by atoms with van der Waals surface area (Å²) < 4.78 is 0. The van der Waals surface area contributed by atoms with E-state index < -0.39 is 4.92 Å². The molecule has 2 rings (SSSR count). The van der Waals surface area contributed by atoms with Crippen LogP contribution in [0.3, 0.4) is 0 Å². The van der Waals surface area contributed by atoms with E-state index in [2.05, 4.69) is 5.32 Å². The molecule has 0 saturated carbocycles. The van der Waals surface area contributed by atoms with Gasteiger partial charge < -0.3 is 10.2 Å². The molecule has 1 aromatic rings. The maximum Gasteiger partial charge on any atom is 0.289 e. The number of nitro groups is 1. The highest BCUT2D eigenvalue weighted by Crippen LogP contribution is 2.30. The molecule has 1 N–H and O–H groups in total. The summed E-state index contributed by atoms with van der Waals surface area (Å²) in [5, 5.41) is 14.1. The van der Waals surface area contributed by atoms with Crippen LogP contribution in [-0.2, 0) is 4.79 Å². The van der Waals surface area contributed by atoms with E-state index in [0.29, 0.717) is 18.8 Å². The van der Waals surface area contributed by atoms with Crippen molar-refractivity contribution < 1.29 is 9.72 Å². The number of hydrogen-bond donors (Lipinski definition) is 1. The lowest BCUT2D eigenvalue weighted by atomic mass is 10.0. The summed E-state index contributed by atoms with van der Waals surface area (Å²) in [6.45, 7) is 3.23. The Morgan fingerprint density at radius 3 is 2.95 bits per heavy atom. The number of hydrogen-bond acceptors (Lipinski definition) is 4. The molecule has 1 unspecified atom stereocenters. The molecule has 0 aromatic heterocycles. The second-order valence-electron chi connectivity index (χ2n) is 4.64. The molecule has 6 nitrogen and oxygen atoms in total. The first kappa shape index (κ1) is 14.7. The number of likely N-dealkylation sites (N-methyl/N-ethyl adjacent to an activating group) is 1. The van der Waals surface area contributed by atoms with Gasteiger partial charge in [0.05, 0.1) is 16.7 Å². The first-order valence-electron chi connectivity index (χ1n) is 6.53. The first-order valence-corrected chi connectivity index (χ1v) is 6.91. The molecule has 1 amide bonds. The molecule has 1 atom stereocenters. The van der Waals surface area contributed by atoms with Crippen LogP contribution in [-0.4, -0.2) is 30.0 Å². The van der Waals surface area contributed by atoms with Crippen LogP contribution in [0.4, 0.5) is 11.4 Å². The largest absolute Gasteiger partial charge is 0.311 e. The van der Waals surface area contributed by atoms with Crippen molar-refractivity contribution in [2.75, 3.05) is 18.0 Å². The van der Waals surface area contributed by atoms with Gasteiger partial charge in [-0.2, -0.15) is 0 Å². The smallest absolute Gasteiger partial charge is 0.289 e. The Bertz CT molecular complexity index is 534. The molecule has 0 spiro atoms. The quantitative estimate of drug-likeness (QED) is 0.684. The standard InChI is InChI=1S/C13H16ClN3O3/c1-2-15-11-4-3-7-16(13(11)18)9-5-6-10(14)12(8-9)17(19)20/h5-6,8,11,15H,2-4,7H2,1H3. The Hall–Kier alpha value is -1.66. The zero-order valence-electron chi connectivity index (χ0n) is 11.1. The number of benzene rings is 1. The van der Waals surface area contributed by atoms with E-state index in [4.69, 9.17) is 11.6 Å². The Kier molecular flexibility index (Phi) is 4.57. The lowest BCUT2D eigenvalue weighted by Crippen LogP contribution is -2.50. The van der Waals surface area contributed by atoms with Crippen molar-refractivity contribution in [3.05, 3.63) is 33.3 Å². The lowest BCUT2D eigenvalue weighted by Gasteiger charge is -2.32. The Morgan fingerprint density at radius 2 is 2.30 bits per heavy atom. The van der Waals surface area contributed by atoms with E-state index in [0.717, 1.165) is 12.8 Å². The van der Waals surface area contributed by atoms with E-state index in [1.54, 1.807) is 11.0 Å². The van der Waals surface area contributed by atoms with Gasteiger partial charge in [-0.3, -0.25) is 14.9 Å². The average molecular weight is 298 g/mol. The molecule has 0 bridgehead atoms. The number of nitrogens with zero attached hydrogens (tertiary/aromatic N) is 2. The number of carbonyl (C=O) groups is 1. The van der Waals surface area contributed by atoms with Gasteiger partial charge >= 0.3 is 0 Å². The SMILES string of the molecule is CCNC1CCCN(c2ccc(Cl)c([N+](=O)[O-])c2)C1=O. The number of anilines is 1. The molecule has 1 saturated heterocycles. The van der Waals surface area contributed by atoms with Gasteiger partial charge in [0.25, 0.3) is 5.69 Å². The fraction of sp³-hybridized carbons (Fsp3) is 0.462. The van der Waals surface area contributed by atoms with Crippen LogP contribution in [0.15, 0.2) is 18.2 Å². The number of nitro benzene ring substituents is 1. The Morgan fingerprint density at radius 1 is 1.55 bits per heavy atom. The van der Waals surface area contributed by atoms with E-state index in [-0.39, 0.29) is 22.7 Å². The van der Waals surface area contributed by atoms with Crippen molar-refractivity contribution in [3.8, 4) is 0 Å². The topological polar surface area (TPSA) is 75.5 Å². The molecule has 0 aliphatic carbocycles. The van der Waals surface area contributed by atoms with Crippen LogP contribution in [0.2, 0.25) is 5.02 Å².